The molecular weight excluding hydrogens is 398 g/mol. The van der Waals surface area contributed by atoms with Crippen LogP contribution in [0.25, 0.3) is 11.4 Å². The number of nitro benzene ring substituents is 1. The maximum Gasteiger partial charge on any atom is 0.290 e. The van der Waals surface area contributed by atoms with E-state index in [2.05, 4.69) is 15.0 Å². The molecule has 1 atom stereocenters. The molecule has 0 saturated carbocycles. The molecule has 0 spiro atoms. The Balaban J connectivity index is 1.77. The highest BCUT2D eigenvalue weighted by molar-refractivity contribution is 5.54. The van der Waals surface area contributed by atoms with Gasteiger partial charge in [-0.05, 0) is 12.5 Å². The molecule has 2 heterocycles. The van der Waals surface area contributed by atoms with Gasteiger partial charge in [-0.2, -0.15) is 0 Å². The number of morpholine rings is 1. The van der Waals surface area contributed by atoms with Gasteiger partial charge in [-0.3, -0.25) is 19.8 Å². The number of ether oxygens (including phenoxy) is 1. The molecule has 0 amide bonds. The Hall–Kier alpha value is -3.43. The molecule has 160 valence electrons. The molecule has 1 unspecified atom stereocenters. The Labute approximate surface area is 179 Å². The maximum absolute atomic E-state index is 13.3. The van der Waals surface area contributed by atoms with E-state index in [9.17, 15) is 14.9 Å². The Morgan fingerprint density at radius 2 is 1.87 bits per heavy atom. The van der Waals surface area contributed by atoms with Gasteiger partial charge in [-0.15, -0.1) is 5.10 Å². The fourth-order valence-electron chi connectivity index (χ4n) is 3.63. The molecule has 1 aliphatic rings. The first-order valence-corrected chi connectivity index (χ1v) is 10.1. The average Bonchev–Trinajstić information content (AvgIpc) is 2.81. The highest BCUT2D eigenvalue weighted by Gasteiger charge is 2.23. The first-order valence-electron chi connectivity index (χ1n) is 10.1. The van der Waals surface area contributed by atoms with Crippen molar-refractivity contribution in [1.29, 1.82) is 0 Å². The third-order valence-electron chi connectivity index (χ3n) is 5.35. The number of nitrogens with zero attached hydrogens (tertiary/aromatic N) is 5. The second kappa shape index (κ2) is 9.15. The molecule has 1 aromatic heterocycles. The van der Waals surface area contributed by atoms with Gasteiger partial charge in [0, 0.05) is 37.2 Å². The summed E-state index contributed by atoms with van der Waals surface area (Å²) in [7, 11) is 0. The van der Waals surface area contributed by atoms with Crippen molar-refractivity contribution in [1.82, 2.24) is 19.7 Å². The fraction of sp³-hybridized carbons (Fsp3) is 0.318. The number of non-ortho nitro benzene ring substituents is 1. The number of hydrogen-bond acceptors (Lipinski definition) is 7. The smallest absolute Gasteiger partial charge is 0.290 e. The van der Waals surface area contributed by atoms with Crippen LogP contribution in [0.5, 0.6) is 0 Å². The molecule has 9 heteroatoms. The molecule has 2 aromatic carbocycles. The van der Waals surface area contributed by atoms with E-state index in [1.165, 1.54) is 16.8 Å². The van der Waals surface area contributed by atoms with E-state index in [1.54, 1.807) is 12.1 Å². The second-order valence-corrected chi connectivity index (χ2v) is 7.38. The van der Waals surface area contributed by atoms with Gasteiger partial charge in [-0.1, -0.05) is 42.5 Å². The quantitative estimate of drug-likeness (QED) is 0.445. The molecule has 0 bridgehead atoms. The first kappa shape index (κ1) is 20.8. The Morgan fingerprint density at radius 1 is 1.13 bits per heavy atom. The van der Waals surface area contributed by atoms with E-state index >= 15 is 0 Å². The highest BCUT2D eigenvalue weighted by Crippen LogP contribution is 2.19. The van der Waals surface area contributed by atoms with E-state index < -0.39 is 4.92 Å². The van der Waals surface area contributed by atoms with Crippen LogP contribution in [0, 0.1) is 10.1 Å². The standard InChI is InChI=1S/C22H23N5O4/c1-16(25-10-12-31-13-11-25)26-22(28)20(15-17-6-5-9-19(14-17)27(29)30)23-21(24-26)18-7-3-2-4-8-18/h2-9,14,16H,10-13,15H2,1H3. The van der Waals surface area contributed by atoms with Crippen LogP contribution in [0.15, 0.2) is 59.4 Å². The van der Waals surface area contributed by atoms with E-state index in [1.807, 2.05) is 37.3 Å². The van der Waals surface area contributed by atoms with Crippen LogP contribution in [-0.2, 0) is 11.2 Å². The van der Waals surface area contributed by atoms with Crippen LogP contribution >= 0.6 is 0 Å². The Bertz CT molecular complexity index is 1130. The zero-order valence-electron chi connectivity index (χ0n) is 17.2. The normalized spacial score (nSPS) is 15.5. The van der Waals surface area contributed by atoms with Crippen LogP contribution in [0.4, 0.5) is 5.69 Å². The molecular formula is C22H23N5O4. The zero-order valence-corrected chi connectivity index (χ0v) is 17.2. The summed E-state index contributed by atoms with van der Waals surface area (Å²) in [6.07, 6.45) is -0.0932. The van der Waals surface area contributed by atoms with Crippen molar-refractivity contribution in [3.05, 3.63) is 86.3 Å². The van der Waals surface area contributed by atoms with E-state index in [0.717, 1.165) is 5.56 Å². The second-order valence-electron chi connectivity index (χ2n) is 7.38. The maximum atomic E-state index is 13.3. The Kier molecular flexibility index (Phi) is 6.15. The van der Waals surface area contributed by atoms with Crippen LogP contribution in [0.2, 0.25) is 0 Å². The third-order valence-corrected chi connectivity index (χ3v) is 5.35. The Morgan fingerprint density at radius 3 is 2.58 bits per heavy atom. The number of nitro groups is 1. The number of rotatable bonds is 6. The summed E-state index contributed by atoms with van der Waals surface area (Å²) < 4.78 is 6.89. The molecule has 0 aliphatic carbocycles. The number of aromatic nitrogens is 3. The van der Waals surface area contributed by atoms with Gasteiger partial charge in [0.1, 0.15) is 11.9 Å². The van der Waals surface area contributed by atoms with Gasteiger partial charge < -0.3 is 4.74 Å². The predicted octanol–water partition coefficient (Wildman–Crippen LogP) is 2.66. The van der Waals surface area contributed by atoms with Crippen LogP contribution in [0.3, 0.4) is 0 Å². The summed E-state index contributed by atoms with van der Waals surface area (Å²) in [5, 5.41) is 15.7. The summed E-state index contributed by atoms with van der Waals surface area (Å²) in [4.78, 5) is 30.7. The van der Waals surface area contributed by atoms with E-state index in [-0.39, 0.29) is 23.8 Å². The minimum absolute atomic E-state index is 0.0168. The molecule has 3 aromatic rings. The first-order chi connectivity index (χ1) is 15.0. The van der Waals surface area contributed by atoms with Crippen molar-refractivity contribution >= 4 is 5.69 Å². The summed E-state index contributed by atoms with van der Waals surface area (Å²) in [6.45, 7) is 4.56. The lowest BCUT2D eigenvalue weighted by Crippen LogP contribution is -2.44. The van der Waals surface area contributed by atoms with Gasteiger partial charge in [0.2, 0.25) is 0 Å². The third kappa shape index (κ3) is 4.68. The lowest BCUT2D eigenvalue weighted by Gasteiger charge is -2.32. The minimum Gasteiger partial charge on any atom is -0.379 e. The van der Waals surface area contributed by atoms with Gasteiger partial charge in [0.25, 0.3) is 11.2 Å². The van der Waals surface area contributed by atoms with Crippen LogP contribution in [-0.4, -0.2) is 50.9 Å². The largest absolute Gasteiger partial charge is 0.379 e. The summed E-state index contributed by atoms with van der Waals surface area (Å²) in [5.74, 6) is 0.445. The van der Waals surface area contributed by atoms with Gasteiger partial charge in [0.05, 0.1) is 18.1 Å². The molecule has 31 heavy (non-hydrogen) atoms. The SMILES string of the molecule is CC(N1CCOCC1)n1nc(-c2ccccc2)nc(Cc2cccc([N+](=O)[O-])c2)c1=O. The predicted molar refractivity (Wildman–Crippen MR) is 115 cm³/mol. The van der Waals surface area contributed by atoms with E-state index in [0.29, 0.717) is 43.4 Å². The number of benzene rings is 2. The van der Waals surface area contributed by atoms with Gasteiger partial charge >= 0.3 is 0 Å². The monoisotopic (exact) mass is 421 g/mol. The van der Waals surface area contributed by atoms with E-state index in [4.69, 9.17) is 4.74 Å². The van der Waals surface area contributed by atoms with Crippen molar-refractivity contribution in [3.8, 4) is 11.4 Å². The summed E-state index contributed by atoms with van der Waals surface area (Å²) >= 11 is 0. The lowest BCUT2D eigenvalue weighted by atomic mass is 10.1. The van der Waals surface area contributed by atoms with Gasteiger partial charge in [0.15, 0.2) is 5.82 Å². The number of hydrogen-bond donors (Lipinski definition) is 0. The van der Waals surface area contributed by atoms with Crippen LogP contribution in [0.1, 0.15) is 24.3 Å². The summed E-state index contributed by atoms with van der Waals surface area (Å²) in [6, 6.07) is 15.7. The van der Waals surface area contributed by atoms with Crippen molar-refractivity contribution in [2.45, 2.75) is 19.5 Å². The fourth-order valence-corrected chi connectivity index (χ4v) is 3.63. The molecule has 9 nitrogen and oxygen atoms in total. The lowest BCUT2D eigenvalue weighted by molar-refractivity contribution is -0.384. The van der Waals surface area contributed by atoms with Crippen molar-refractivity contribution in [2.75, 3.05) is 26.3 Å². The highest BCUT2D eigenvalue weighted by atomic mass is 16.6. The molecule has 0 radical (unpaired) electrons. The van der Waals surface area contributed by atoms with Gasteiger partial charge in [-0.25, -0.2) is 9.67 Å². The van der Waals surface area contributed by atoms with Crippen molar-refractivity contribution < 1.29 is 9.66 Å². The topological polar surface area (TPSA) is 103 Å². The average molecular weight is 421 g/mol. The zero-order chi connectivity index (χ0) is 21.8. The summed E-state index contributed by atoms with van der Waals surface area (Å²) in [5.41, 5.74) is 1.43. The van der Waals surface area contributed by atoms with Crippen molar-refractivity contribution in [3.63, 3.8) is 0 Å². The van der Waals surface area contributed by atoms with Crippen molar-refractivity contribution in [2.24, 2.45) is 0 Å². The minimum atomic E-state index is -0.447. The molecule has 0 N–H and O–H groups in total. The molecule has 1 saturated heterocycles. The molecule has 1 aliphatic heterocycles. The van der Waals surface area contributed by atoms with Crippen LogP contribution < -0.4 is 5.56 Å². The molecule has 1 fully saturated rings. The molecule has 4 rings (SSSR count).